The summed E-state index contributed by atoms with van der Waals surface area (Å²) in [5.74, 6) is 0.0896. The van der Waals surface area contributed by atoms with E-state index in [1.54, 1.807) is 12.4 Å². The van der Waals surface area contributed by atoms with Gasteiger partial charge in [-0.2, -0.15) is 0 Å². The van der Waals surface area contributed by atoms with Crippen LogP contribution in [0, 0.1) is 0 Å². The van der Waals surface area contributed by atoms with Crippen molar-refractivity contribution >= 4 is 5.91 Å². The van der Waals surface area contributed by atoms with Crippen molar-refractivity contribution in [1.29, 1.82) is 0 Å². The lowest BCUT2D eigenvalue weighted by molar-refractivity contribution is -0.122. The number of rotatable bonds is 6. The molecule has 1 amide bonds. The summed E-state index contributed by atoms with van der Waals surface area (Å²) < 4.78 is 5.68. The number of hydrogen-bond acceptors (Lipinski definition) is 4. The Kier molecular flexibility index (Phi) is 5.49. The molecule has 20 heavy (non-hydrogen) atoms. The van der Waals surface area contributed by atoms with E-state index in [4.69, 9.17) is 4.74 Å². The monoisotopic (exact) mass is 277 g/mol. The average molecular weight is 277 g/mol. The van der Waals surface area contributed by atoms with Crippen molar-refractivity contribution < 1.29 is 9.53 Å². The number of hydrogen-bond donors (Lipinski definition) is 1. The van der Waals surface area contributed by atoms with Gasteiger partial charge in [-0.05, 0) is 38.1 Å². The van der Waals surface area contributed by atoms with Crippen LogP contribution in [0.5, 0.6) is 0 Å². The number of pyridine rings is 1. The number of carbonyl (C=O) groups is 1. The number of likely N-dealkylation sites (N-methyl/N-ethyl adjacent to an activating group) is 1. The zero-order valence-corrected chi connectivity index (χ0v) is 12.2. The van der Waals surface area contributed by atoms with Crippen molar-refractivity contribution in [2.24, 2.45) is 0 Å². The van der Waals surface area contributed by atoms with Crippen molar-refractivity contribution in [3.8, 4) is 0 Å². The molecule has 110 valence electrons. The van der Waals surface area contributed by atoms with E-state index in [1.165, 1.54) is 0 Å². The fourth-order valence-corrected chi connectivity index (χ4v) is 2.57. The van der Waals surface area contributed by atoms with E-state index in [9.17, 15) is 4.79 Å². The highest BCUT2D eigenvalue weighted by atomic mass is 16.5. The number of ether oxygens (including phenoxy) is 1. The number of aryl methyl sites for hydroxylation is 1. The second-order valence-electron chi connectivity index (χ2n) is 5.24. The van der Waals surface area contributed by atoms with E-state index in [-0.39, 0.29) is 18.1 Å². The fourth-order valence-electron chi connectivity index (χ4n) is 2.57. The first-order valence-electron chi connectivity index (χ1n) is 7.17. The topological polar surface area (TPSA) is 54.5 Å². The van der Waals surface area contributed by atoms with Gasteiger partial charge in [0.1, 0.15) is 0 Å². The SMILES string of the molecule is CCO[C@H]1CN(C)C[C@@H]1NC(=O)CCc1ccncc1. The maximum absolute atomic E-state index is 12.0. The third-order valence-electron chi connectivity index (χ3n) is 3.57. The minimum absolute atomic E-state index is 0.0896. The van der Waals surface area contributed by atoms with Gasteiger partial charge >= 0.3 is 0 Å². The summed E-state index contributed by atoms with van der Waals surface area (Å²) in [6.07, 6.45) is 4.86. The largest absolute Gasteiger partial charge is 0.375 e. The molecule has 0 bridgehead atoms. The van der Waals surface area contributed by atoms with Gasteiger partial charge in [-0.1, -0.05) is 0 Å². The Morgan fingerprint density at radius 3 is 2.90 bits per heavy atom. The molecule has 5 heteroatoms. The van der Waals surface area contributed by atoms with Crippen LogP contribution in [0.2, 0.25) is 0 Å². The molecular weight excluding hydrogens is 254 g/mol. The smallest absolute Gasteiger partial charge is 0.220 e. The number of aromatic nitrogens is 1. The molecule has 1 aliphatic rings. The quantitative estimate of drug-likeness (QED) is 0.837. The van der Waals surface area contributed by atoms with E-state index in [2.05, 4.69) is 22.2 Å². The summed E-state index contributed by atoms with van der Waals surface area (Å²) in [5.41, 5.74) is 1.14. The first-order chi connectivity index (χ1) is 9.69. The second kappa shape index (κ2) is 7.36. The summed E-state index contributed by atoms with van der Waals surface area (Å²) in [6.45, 7) is 4.40. The Morgan fingerprint density at radius 1 is 1.45 bits per heavy atom. The first-order valence-corrected chi connectivity index (χ1v) is 7.17. The Morgan fingerprint density at radius 2 is 2.20 bits per heavy atom. The third kappa shape index (κ3) is 4.28. The lowest BCUT2D eigenvalue weighted by Crippen LogP contribution is -2.44. The van der Waals surface area contributed by atoms with E-state index >= 15 is 0 Å². The Hall–Kier alpha value is -1.46. The van der Waals surface area contributed by atoms with Crippen LogP contribution in [0.4, 0.5) is 0 Å². The van der Waals surface area contributed by atoms with Gasteiger partial charge in [0.2, 0.25) is 5.91 Å². The summed E-state index contributed by atoms with van der Waals surface area (Å²) in [5, 5.41) is 3.09. The van der Waals surface area contributed by atoms with E-state index in [1.807, 2.05) is 19.1 Å². The molecule has 2 heterocycles. The molecule has 1 aliphatic heterocycles. The number of amides is 1. The molecule has 0 aromatic carbocycles. The number of nitrogens with one attached hydrogen (secondary N) is 1. The highest BCUT2D eigenvalue weighted by Gasteiger charge is 2.32. The van der Waals surface area contributed by atoms with Crippen molar-refractivity contribution in [2.45, 2.75) is 31.9 Å². The molecule has 2 atom stereocenters. The maximum Gasteiger partial charge on any atom is 0.220 e. The predicted octanol–water partition coefficient (Wildman–Crippen LogP) is 0.850. The summed E-state index contributed by atoms with van der Waals surface area (Å²) >= 11 is 0. The van der Waals surface area contributed by atoms with E-state index in [0.717, 1.165) is 25.1 Å². The number of likely N-dealkylation sites (tertiary alicyclic amines) is 1. The highest BCUT2D eigenvalue weighted by Crippen LogP contribution is 2.12. The molecule has 1 fully saturated rings. The van der Waals surface area contributed by atoms with Crippen LogP contribution >= 0.6 is 0 Å². The van der Waals surface area contributed by atoms with Gasteiger partial charge in [0.15, 0.2) is 0 Å². The lowest BCUT2D eigenvalue weighted by Gasteiger charge is -2.19. The van der Waals surface area contributed by atoms with Crippen molar-refractivity contribution in [3.63, 3.8) is 0 Å². The molecule has 0 saturated carbocycles. The molecule has 1 aromatic heterocycles. The Labute approximate surface area is 120 Å². The van der Waals surface area contributed by atoms with Crippen LogP contribution in [-0.2, 0) is 16.0 Å². The molecule has 1 N–H and O–H groups in total. The van der Waals surface area contributed by atoms with Gasteiger partial charge in [0.25, 0.3) is 0 Å². The van der Waals surface area contributed by atoms with Crippen LogP contribution in [0.15, 0.2) is 24.5 Å². The zero-order valence-electron chi connectivity index (χ0n) is 12.2. The van der Waals surface area contributed by atoms with Crippen molar-refractivity contribution in [2.75, 3.05) is 26.7 Å². The molecule has 5 nitrogen and oxygen atoms in total. The van der Waals surface area contributed by atoms with Gasteiger partial charge in [-0.3, -0.25) is 9.78 Å². The summed E-state index contributed by atoms with van der Waals surface area (Å²) in [7, 11) is 2.05. The second-order valence-corrected chi connectivity index (χ2v) is 5.24. The predicted molar refractivity (Wildman–Crippen MR) is 77.4 cm³/mol. The molecule has 1 aromatic rings. The van der Waals surface area contributed by atoms with Crippen LogP contribution < -0.4 is 5.32 Å². The highest BCUT2D eigenvalue weighted by molar-refractivity contribution is 5.76. The molecule has 0 radical (unpaired) electrons. The maximum atomic E-state index is 12.0. The molecule has 0 aliphatic carbocycles. The van der Waals surface area contributed by atoms with Crippen LogP contribution in [-0.4, -0.2) is 54.7 Å². The normalized spacial score (nSPS) is 22.9. The Balaban J connectivity index is 1.78. The van der Waals surface area contributed by atoms with Gasteiger partial charge in [0.05, 0.1) is 12.1 Å². The van der Waals surface area contributed by atoms with Crippen molar-refractivity contribution in [3.05, 3.63) is 30.1 Å². The van der Waals surface area contributed by atoms with Gasteiger partial charge < -0.3 is 15.0 Å². The van der Waals surface area contributed by atoms with Crippen LogP contribution in [0.3, 0.4) is 0 Å². The minimum Gasteiger partial charge on any atom is -0.375 e. The summed E-state index contributed by atoms with van der Waals surface area (Å²) in [6, 6.07) is 3.99. The molecule has 2 rings (SSSR count). The standard InChI is InChI=1S/C15H23N3O2/c1-3-20-14-11-18(2)10-13(14)17-15(19)5-4-12-6-8-16-9-7-12/h6-9,13-14H,3-5,10-11H2,1-2H3,(H,17,19)/t13-,14-/m0/s1. The van der Waals surface area contributed by atoms with Crippen LogP contribution in [0.25, 0.3) is 0 Å². The number of nitrogens with zero attached hydrogens (tertiary/aromatic N) is 2. The van der Waals surface area contributed by atoms with Crippen LogP contribution in [0.1, 0.15) is 18.9 Å². The minimum atomic E-state index is 0.0896. The van der Waals surface area contributed by atoms with E-state index in [0.29, 0.717) is 13.0 Å². The Bertz CT molecular complexity index is 424. The molecule has 0 spiro atoms. The van der Waals surface area contributed by atoms with E-state index < -0.39 is 0 Å². The summed E-state index contributed by atoms with van der Waals surface area (Å²) in [4.78, 5) is 18.2. The fraction of sp³-hybridized carbons (Fsp3) is 0.600. The molecular formula is C15H23N3O2. The first kappa shape index (κ1) is 14.9. The molecule has 1 saturated heterocycles. The van der Waals surface area contributed by atoms with Gasteiger partial charge in [0, 0.05) is 38.5 Å². The zero-order chi connectivity index (χ0) is 14.4. The average Bonchev–Trinajstić information content (AvgIpc) is 2.78. The molecule has 0 unspecified atom stereocenters. The van der Waals surface area contributed by atoms with Crippen molar-refractivity contribution in [1.82, 2.24) is 15.2 Å². The number of carbonyl (C=O) groups excluding carboxylic acids is 1. The third-order valence-corrected chi connectivity index (χ3v) is 3.57. The van der Waals surface area contributed by atoms with Gasteiger partial charge in [-0.25, -0.2) is 0 Å². The lowest BCUT2D eigenvalue weighted by atomic mass is 10.1. The van der Waals surface area contributed by atoms with Gasteiger partial charge in [-0.15, -0.1) is 0 Å².